The van der Waals surface area contributed by atoms with Gasteiger partial charge in [0.1, 0.15) is 6.10 Å². The predicted octanol–water partition coefficient (Wildman–Crippen LogP) is 0.709. The van der Waals surface area contributed by atoms with E-state index in [-0.39, 0.29) is 6.10 Å². The minimum Gasteiger partial charge on any atom is -0.461 e. The van der Waals surface area contributed by atoms with E-state index >= 15 is 0 Å². The van der Waals surface area contributed by atoms with Crippen molar-refractivity contribution in [2.75, 3.05) is 0 Å². The molecule has 2 atom stereocenters. The second kappa shape index (κ2) is 4.28. The lowest BCUT2D eigenvalue weighted by molar-refractivity contribution is -0.157. The SMILES string of the molecule is CCC(C)OC(=O)[C@@H](C)O. The highest BCUT2D eigenvalue weighted by atomic mass is 16.6. The molecule has 0 fully saturated rings. The van der Waals surface area contributed by atoms with Gasteiger partial charge in [-0.25, -0.2) is 4.79 Å². The van der Waals surface area contributed by atoms with Crippen LogP contribution in [0.25, 0.3) is 0 Å². The van der Waals surface area contributed by atoms with E-state index in [0.29, 0.717) is 0 Å². The summed E-state index contributed by atoms with van der Waals surface area (Å²) in [5.74, 6) is -0.547. The zero-order chi connectivity index (χ0) is 8.15. The number of rotatable bonds is 3. The Hall–Kier alpha value is -0.570. The maximum absolute atomic E-state index is 10.6. The summed E-state index contributed by atoms with van der Waals surface area (Å²) in [6.07, 6.45) is -0.325. The van der Waals surface area contributed by atoms with Crippen LogP contribution >= 0.6 is 0 Å². The molecule has 0 spiro atoms. The molecule has 1 N–H and O–H groups in total. The molecular formula is C7H14O3. The maximum Gasteiger partial charge on any atom is 0.334 e. The van der Waals surface area contributed by atoms with Crippen LogP contribution in [0.3, 0.4) is 0 Å². The average molecular weight is 146 g/mol. The van der Waals surface area contributed by atoms with Gasteiger partial charge >= 0.3 is 5.97 Å². The van der Waals surface area contributed by atoms with Gasteiger partial charge in [-0.05, 0) is 20.3 Å². The lowest BCUT2D eigenvalue weighted by atomic mass is 10.3. The summed E-state index contributed by atoms with van der Waals surface area (Å²) in [6.45, 7) is 5.10. The van der Waals surface area contributed by atoms with Crippen molar-refractivity contribution in [2.24, 2.45) is 0 Å². The third-order valence-corrected chi connectivity index (χ3v) is 1.23. The van der Waals surface area contributed by atoms with Gasteiger partial charge in [0.05, 0.1) is 6.10 Å². The fourth-order valence-corrected chi connectivity index (χ4v) is 0.380. The summed E-state index contributed by atoms with van der Waals surface area (Å²) < 4.78 is 4.77. The van der Waals surface area contributed by atoms with Crippen molar-refractivity contribution in [3.63, 3.8) is 0 Å². The van der Waals surface area contributed by atoms with Gasteiger partial charge in [-0.15, -0.1) is 0 Å². The molecule has 0 aromatic carbocycles. The Bertz CT molecular complexity index is 109. The van der Waals surface area contributed by atoms with Gasteiger partial charge in [0, 0.05) is 0 Å². The number of aliphatic hydroxyl groups excluding tert-OH is 1. The number of aliphatic hydroxyl groups is 1. The van der Waals surface area contributed by atoms with Crippen molar-refractivity contribution in [3.8, 4) is 0 Å². The van der Waals surface area contributed by atoms with E-state index in [1.807, 2.05) is 6.92 Å². The second-order valence-corrected chi connectivity index (χ2v) is 2.33. The maximum atomic E-state index is 10.6. The molecule has 3 nitrogen and oxygen atoms in total. The summed E-state index contributed by atoms with van der Waals surface area (Å²) in [6, 6.07) is 0. The largest absolute Gasteiger partial charge is 0.461 e. The quantitative estimate of drug-likeness (QED) is 0.596. The van der Waals surface area contributed by atoms with Crippen LogP contribution in [0.4, 0.5) is 0 Å². The van der Waals surface area contributed by atoms with Gasteiger partial charge in [0.15, 0.2) is 0 Å². The molecule has 0 rings (SSSR count). The Morgan fingerprint density at radius 1 is 1.60 bits per heavy atom. The van der Waals surface area contributed by atoms with Gasteiger partial charge < -0.3 is 9.84 Å². The number of hydrogen-bond donors (Lipinski definition) is 1. The van der Waals surface area contributed by atoms with E-state index in [9.17, 15) is 4.79 Å². The number of ether oxygens (including phenoxy) is 1. The molecule has 0 heterocycles. The van der Waals surface area contributed by atoms with E-state index in [1.54, 1.807) is 6.92 Å². The molecule has 0 amide bonds. The molecule has 1 unspecified atom stereocenters. The van der Waals surface area contributed by atoms with E-state index in [1.165, 1.54) is 6.92 Å². The highest BCUT2D eigenvalue weighted by molar-refractivity contribution is 5.73. The van der Waals surface area contributed by atoms with E-state index in [2.05, 4.69) is 0 Å². The monoisotopic (exact) mass is 146 g/mol. The second-order valence-electron chi connectivity index (χ2n) is 2.33. The molecule has 0 aromatic rings. The van der Waals surface area contributed by atoms with Gasteiger partial charge in [-0.1, -0.05) is 6.92 Å². The third kappa shape index (κ3) is 3.45. The Kier molecular flexibility index (Phi) is 4.03. The fraction of sp³-hybridized carbons (Fsp3) is 0.857. The molecule has 0 aliphatic carbocycles. The zero-order valence-corrected chi connectivity index (χ0v) is 6.63. The van der Waals surface area contributed by atoms with Gasteiger partial charge in [0.25, 0.3) is 0 Å². The first kappa shape index (κ1) is 9.43. The van der Waals surface area contributed by atoms with Crippen LogP contribution in [0.1, 0.15) is 27.2 Å². The molecule has 0 aliphatic heterocycles. The van der Waals surface area contributed by atoms with E-state index < -0.39 is 12.1 Å². The molecule has 0 saturated heterocycles. The Balaban J connectivity index is 3.57. The highest BCUT2D eigenvalue weighted by Gasteiger charge is 2.12. The molecule has 10 heavy (non-hydrogen) atoms. The number of carbonyl (C=O) groups is 1. The lowest BCUT2D eigenvalue weighted by Crippen LogP contribution is -2.23. The van der Waals surface area contributed by atoms with Crippen molar-refractivity contribution in [1.82, 2.24) is 0 Å². The Labute approximate surface area is 61.0 Å². The van der Waals surface area contributed by atoms with Crippen molar-refractivity contribution >= 4 is 5.97 Å². The summed E-state index contributed by atoms with van der Waals surface area (Å²) in [5, 5.41) is 8.69. The topological polar surface area (TPSA) is 46.5 Å². The first-order valence-electron chi connectivity index (χ1n) is 3.46. The number of esters is 1. The summed E-state index contributed by atoms with van der Waals surface area (Å²) >= 11 is 0. The van der Waals surface area contributed by atoms with Crippen molar-refractivity contribution in [2.45, 2.75) is 39.4 Å². The zero-order valence-electron chi connectivity index (χ0n) is 6.63. The van der Waals surface area contributed by atoms with Crippen LogP contribution in [-0.2, 0) is 9.53 Å². The lowest BCUT2D eigenvalue weighted by Gasteiger charge is -2.11. The summed E-state index contributed by atoms with van der Waals surface area (Å²) in [4.78, 5) is 10.6. The first-order valence-corrected chi connectivity index (χ1v) is 3.46. The standard InChI is InChI=1S/C7H14O3/c1-4-5(2)10-7(9)6(3)8/h5-6,8H,4H2,1-3H3/t5?,6-/m1/s1. The Morgan fingerprint density at radius 3 is 2.40 bits per heavy atom. The van der Waals surface area contributed by atoms with Crippen molar-refractivity contribution in [3.05, 3.63) is 0 Å². The molecule has 0 saturated carbocycles. The summed E-state index contributed by atoms with van der Waals surface area (Å²) in [5.41, 5.74) is 0. The van der Waals surface area contributed by atoms with Crippen molar-refractivity contribution < 1.29 is 14.6 Å². The predicted molar refractivity (Wildman–Crippen MR) is 37.5 cm³/mol. The fourth-order valence-electron chi connectivity index (χ4n) is 0.380. The minimum atomic E-state index is -1.01. The summed E-state index contributed by atoms with van der Waals surface area (Å²) in [7, 11) is 0. The molecule has 60 valence electrons. The van der Waals surface area contributed by atoms with Gasteiger partial charge in [-0.3, -0.25) is 0 Å². The van der Waals surface area contributed by atoms with Crippen LogP contribution in [-0.4, -0.2) is 23.3 Å². The minimum absolute atomic E-state index is 0.0953. The van der Waals surface area contributed by atoms with Gasteiger partial charge in [-0.2, -0.15) is 0 Å². The van der Waals surface area contributed by atoms with Crippen LogP contribution < -0.4 is 0 Å². The molecule has 0 radical (unpaired) electrons. The van der Waals surface area contributed by atoms with Crippen molar-refractivity contribution in [1.29, 1.82) is 0 Å². The van der Waals surface area contributed by atoms with Crippen LogP contribution in [0.2, 0.25) is 0 Å². The molecule has 0 bridgehead atoms. The normalized spacial score (nSPS) is 16.0. The molecule has 0 aromatic heterocycles. The number of hydrogen-bond acceptors (Lipinski definition) is 3. The third-order valence-electron chi connectivity index (χ3n) is 1.23. The Morgan fingerprint density at radius 2 is 2.10 bits per heavy atom. The average Bonchev–Trinajstić information content (AvgIpc) is 1.87. The van der Waals surface area contributed by atoms with Gasteiger partial charge in [0.2, 0.25) is 0 Å². The van der Waals surface area contributed by atoms with Crippen LogP contribution in [0.15, 0.2) is 0 Å². The molecule has 0 aliphatic rings. The van der Waals surface area contributed by atoms with Crippen LogP contribution in [0, 0.1) is 0 Å². The molecule has 3 heteroatoms. The highest BCUT2D eigenvalue weighted by Crippen LogP contribution is 1.98. The number of carbonyl (C=O) groups excluding carboxylic acids is 1. The van der Waals surface area contributed by atoms with E-state index in [0.717, 1.165) is 6.42 Å². The first-order chi connectivity index (χ1) is 4.57. The smallest absolute Gasteiger partial charge is 0.334 e. The molecular weight excluding hydrogens is 132 g/mol. The van der Waals surface area contributed by atoms with E-state index in [4.69, 9.17) is 9.84 Å². The van der Waals surface area contributed by atoms with Crippen LogP contribution in [0.5, 0.6) is 0 Å².